The molecule has 0 fully saturated rings. The number of nitrogens with two attached hydrogens (primary N) is 1. The van der Waals surface area contributed by atoms with Crippen LogP contribution in [0.5, 0.6) is 0 Å². The molecule has 10 heteroatoms. The van der Waals surface area contributed by atoms with Crippen molar-refractivity contribution < 1.29 is 0 Å². The van der Waals surface area contributed by atoms with Gasteiger partial charge in [-0.25, -0.2) is 4.98 Å². The largest absolute Gasteiger partial charge is 0.368 e. The molecule has 136 valence electrons. The fraction of sp³-hybridized carbons (Fsp3) is 0.118. The maximum atomic E-state index is 12.4. The van der Waals surface area contributed by atoms with Crippen molar-refractivity contribution in [1.82, 2.24) is 24.5 Å². The Morgan fingerprint density at radius 1 is 1.15 bits per heavy atom. The molecule has 3 heterocycles. The minimum absolute atomic E-state index is 0.0564. The highest BCUT2D eigenvalue weighted by molar-refractivity contribution is 7.98. The number of anilines is 3. The molecule has 0 atom stereocenters. The number of nitrogens with zero attached hydrogens (tertiary/aromatic N) is 5. The van der Waals surface area contributed by atoms with E-state index in [1.54, 1.807) is 7.05 Å². The molecule has 0 aliphatic carbocycles. The Morgan fingerprint density at radius 3 is 2.78 bits per heavy atom. The Kier molecular flexibility index (Phi) is 4.73. The average Bonchev–Trinajstić information content (AvgIpc) is 3.12. The number of hydrogen-bond donors (Lipinski definition) is 2. The molecule has 3 aromatic heterocycles. The first-order valence-electron chi connectivity index (χ1n) is 7.99. The average molecular weight is 397 g/mol. The summed E-state index contributed by atoms with van der Waals surface area (Å²) in [5.74, 6) is 1.42. The summed E-state index contributed by atoms with van der Waals surface area (Å²) in [4.78, 5) is 29.6. The van der Waals surface area contributed by atoms with Gasteiger partial charge in [-0.05, 0) is 23.6 Å². The monoisotopic (exact) mass is 397 g/mol. The standard InChI is InChI=1S/C17H15N7OS2/c1-24-14(25)13-11(7-8-26-13)20-17(24)27-9-12-21-15(18)23-16(22-12)19-10-5-3-2-4-6-10/h2-8H,9H2,1H3,(H3,18,19,21,22,23). The van der Waals surface area contributed by atoms with Crippen molar-refractivity contribution >= 4 is 50.9 Å². The molecule has 0 bridgehead atoms. The van der Waals surface area contributed by atoms with Crippen LogP contribution < -0.4 is 16.6 Å². The summed E-state index contributed by atoms with van der Waals surface area (Å²) in [6, 6.07) is 11.4. The number of para-hydroxylation sites is 1. The van der Waals surface area contributed by atoms with E-state index in [-0.39, 0.29) is 11.5 Å². The molecule has 8 nitrogen and oxygen atoms in total. The maximum Gasteiger partial charge on any atom is 0.271 e. The second-order valence-corrected chi connectivity index (χ2v) is 7.47. The van der Waals surface area contributed by atoms with Crippen molar-refractivity contribution in [1.29, 1.82) is 0 Å². The van der Waals surface area contributed by atoms with Crippen LogP contribution in [-0.2, 0) is 12.8 Å². The van der Waals surface area contributed by atoms with E-state index in [2.05, 4.69) is 25.3 Å². The van der Waals surface area contributed by atoms with Crippen LogP contribution in [-0.4, -0.2) is 24.5 Å². The lowest BCUT2D eigenvalue weighted by atomic mass is 10.3. The van der Waals surface area contributed by atoms with Gasteiger partial charge in [0.05, 0.1) is 11.3 Å². The number of rotatable bonds is 5. The molecule has 4 aromatic rings. The third kappa shape index (κ3) is 3.76. The third-order valence-electron chi connectivity index (χ3n) is 3.71. The van der Waals surface area contributed by atoms with Gasteiger partial charge >= 0.3 is 0 Å². The maximum absolute atomic E-state index is 12.4. The van der Waals surface area contributed by atoms with Crippen molar-refractivity contribution in [3.05, 3.63) is 58.0 Å². The van der Waals surface area contributed by atoms with Crippen molar-refractivity contribution in [2.75, 3.05) is 11.1 Å². The number of hydrogen-bond acceptors (Lipinski definition) is 9. The van der Waals surface area contributed by atoms with Gasteiger partial charge in [0.25, 0.3) is 5.56 Å². The topological polar surface area (TPSA) is 112 Å². The Balaban J connectivity index is 1.56. The van der Waals surface area contributed by atoms with E-state index in [0.29, 0.717) is 32.9 Å². The van der Waals surface area contributed by atoms with E-state index in [1.165, 1.54) is 27.7 Å². The van der Waals surface area contributed by atoms with Crippen molar-refractivity contribution in [3.8, 4) is 0 Å². The van der Waals surface area contributed by atoms with E-state index < -0.39 is 0 Å². The van der Waals surface area contributed by atoms with Crippen molar-refractivity contribution in [3.63, 3.8) is 0 Å². The number of nitrogens with one attached hydrogen (secondary N) is 1. The van der Waals surface area contributed by atoms with Gasteiger partial charge in [-0.3, -0.25) is 9.36 Å². The molecule has 0 saturated carbocycles. The zero-order valence-electron chi connectivity index (χ0n) is 14.3. The zero-order valence-corrected chi connectivity index (χ0v) is 15.9. The van der Waals surface area contributed by atoms with Crippen molar-refractivity contribution in [2.24, 2.45) is 7.05 Å². The quantitative estimate of drug-likeness (QED) is 0.391. The molecule has 1 aromatic carbocycles. The minimum Gasteiger partial charge on any atom is -0.368 e. The lowest BCUT2D eigenvalue weighted by Crippen LogP contribution is -2.19. The highest BCUT2D eigenvalue weighted by Crippen LogP contribution is 2.23. The number of thioether (sulfide) groups is 1. The van der Waals surface area contributed by atoms with Crippen LogP contribution in [0.15, 0.2) is 51.7 Å². The lowest BCUT2D eigenvalue weighted by molar-refractivity contribution is 0.727. The van der Waals surface area contributed by atoms with Crippen LogP contribution in [0.4, 0.5) is 17.6 Å². The highest BCUT2D eigenvalue weighted by atomic mass is 32.2. The Morgan fingerprint density at radius 2 is 1.96 bits per heavy atom. The molecule has 0 amide bonds. The number of nitrogen functional groups attached to an aromatic ring is 1. The van der Waals surface area contributed by atoms with E-state index in [0.717, 1.165) is 5.69 Å². The molecule has 0 spiro atoms. The van der Waals surface area contributed by atoms with E-state index >= 15 is 0 Å². The van der Waals surface area contributed by atoms with Gasteiger partial charge in [-0.15, -0.1) is 11.3 Å². The summed E-state index contributed by atoms with van der Waals surface area (Å²) in [5.41, 5.74) is 7.32. The van der Waals surface area contributed by atoms with Crippen LogP contribution in [0.2, 0.25) is 0 Å². The lowest BCUT2D eigenvalue weighted by Gasteiger charge is -2.08. The zero-order chi connectivity index (χ0) is 18.8. The summed E-state index contributed by atoms with van der Waals surface area (Å²) in [5, 5.41) is 5.57. The van der Waals surface area contributed by atoms with Gasteiger partial charge in [0, 0.05) is 12.7 Å². The molecule has 4 rings (SSSR count). The van der Waals surface area contributed by atoms with Gasteiger partial charge in [0.1, 0.15) is 10.5 Å². The Bertz CT molecular complexity index is 1160. The summed E-state index contributed by atoms with van der Waals surface area (Å²) in [6.45, 7) is 0. The molecular weight excluding hydrogens is 382 g/mol. The second-order valence-electron chi connectivity index (χ2n) is 5.61. The van der Waals surface area contributed by atoms with Gasteiger partial charge in [-0.2, -0.15) is 15.0 Å². The number of aromatic nitrogens is 5. The second kappa shape index (κ2) is 7.33. The summed E-state index contributed by atoms with van der Waals surface area (Å²) < 4.78 is 2.19. The van der Waals surface area contributed by atoms with Gasteiger partial charge in [0.15, 0.2) is 5.16 Å². The number of thiophene rings is 1. The van der Waals surface area contributed by atoms with Gasteiger partial charge in [-0.1, -0.05) is 30.0 Å². The number of fused-ring (bicyclic) bond motifs is 1. The predicted octanol–water partition coefficient (Wildman–Crippen LogP) is 2.80. The van der Waals surface area contributed by atoms with Crippen molar-refractivity contribution in [2.45, 2.75) is 10.9 Å². The molecule has 0 radical (unpaired) electrons. The third-order valence-corrected chi connectivity index (χ3v) is 5.62. The van der Waals surface area contributed by atoms with E-state index in [9.17, 15) is 4.79 Å². The van der Waals surface area contributed by atoms with E-state index in [1.807, 2.05) is 41.8 Å². The molecule has 27 heavy (non-hydrogen) atoms. The molecular formula is C17H15N7OS2. The first-order chi connectivity index (χ1) is 13.1. The predicted molar refractivity (Wildman–Crippen MR) is 108 cm³/mol. The first-order valence-corrected chi connectivity index (χ1v) is 9.86. The summed E-state index contributed by atoms with van der Waals surface area (Å²) in [7, 11) is 1.71. The number of benzene rings is 1. The summed E-state index contributed by atoms with van der Waals surface area (Å²) in [6.07, 6.45) is 0. The van der Waals surface area contributed by atoms with Crippen LogP contribution in [0, 0.1) is 0 Å². The van der Waals surface area contributed by atoms with Crippen LogP contribution >= 0.6 is 23.1 Å². The smallest absolute Gasteiger partial charge is 0.271 e. The molecule has 0 aliphatic heterocycles. The fourth-order valence-corrected chi connectivity index (χ4v) is 4.07. The first kappa shape index (κ1) is 17.4. The minimum atomic E-state index is -0.0564. The summed E-state index contributed by atoms with van der Waals surface area (Å²) >= 11 is 2.77. The molecule has 0 aliphatic rings. The van der Waals surface area contributed by atoms with Gasteiger partial charge < -0.3 is 11.1 Å². The van der Waals surface area contributed by atoms with Crippen LogP contribution in [0.1, 0.15) is 5.82 Å². The van der Waals surface area contributed by atoms with E-state index in [4.69, 9.17) is 5.73 Å². The fourth-order valence-electron chi connectivity index (χ4n) is 2.44. The molecule has 0 saturated heterocycles. The molecule has 0 unspecified atom stereocenters. The Labute approximate surface area is 162 Å². The SMILES string of the molecule is Cn1c(SCc2nc(N)nc(Nc3ccccc3)n2)nc2ccsc2c1=O. The normalized spacial score (nSPS) is 11.0. The molecule has 3 N–H and O–H groups in total. The van der Waals surface area contributed by atoms with Gasteiger partial charge in [0.2, 0.25) is 11.9 Å². The van der Waals surface area contributed by atoms with Crippen LogP contribution in [0.25, 0.3) is 10.2 Å². The highest BCUT2D eigenvalue weighted by Gasteiger charge is 2.12. The Hall–Kier alpha value is -2.98. The van der Waals surface area contributed by atoms with Crippen LogP contribution in [0.3, 0.4) is 0 Å².